The van der Waals surface area contributed by atoms with E-state index in [-0.39, 0.29) is 30.5 Å². The second-order valence-electron chi connectivity index (χ2n) is 9.59. The largest absolute Gasteiger partial charge is 0.492 e. The number of carbonyl (C=O) groups is 3. The second kappa shape index (κ2) is 11.4. The molecule has 1 saturated heterocycles. The fourth-order valence-corrected chi connectivity index (χ4v) is 5.32. The minimum atomic E-state index is -0.973. The lowest BCUT2D eigenvalue weighted by Gasteiger charge is -2.40. The molecule has 2 amide bonds. The fourth-order valence-electron chi connectivity index (χ4n) is 5.17. The number of carboxylic acids is 1. The number of rotatable bonds is 7. The molecule has 0 radical (unpaired) electrons. The van der Waals surface area contributed by atoms with Gasteiger partial charge in [0.25, 0.3) is 5.91 Å². The molecule has 1 fully saturated rings. The minimum Gasteiger partial charge on any atom is -0.492 e. The van der Waals surface area contributed by atoms with Crippen molar-refractivity contribution in [2.24, 2.45) is 0 Å². The number of hydrogen-bond acceptors (Lipinski definition) is 5. The van der Waals surface area contributed by atoms with Crippen LogP contribution in [0.25, 0.3) is 11.1 Å². The number of pyridine rings is 1. The van der Waals surface area contributed by atoms with Gasteiger partial charge in [-0.15, -0.1) is 0 Å². The number of benzene rings is 2. The van der Waals surface area contributed by atoms with E-state index in [2.05, 4.69) is 4.98 Å². The lowest BCUT2D eigenvalue weighted by molar-refractivity contribution is -0.137. The number of aryl methyl sites for hydroxylation is 1. The van der Waals surface area contributed by atoms with Crippen LogP contribution in [0.1, 0.15) is 41.7 Å². The highest BCUT2D eigenvalue weighted by atomic mass is 35.5. The van der Waals surface area contributed by atoms with Gasteiger partial charge in [0.05, 0.1) is 35.0 Å². The number of aromatic nitrogens is 1. The molecule has 5 rings (SSSR count). The van der Waals surface area contributed by atoms with Crippen LogP contribution in [0.2, 0.25) is 5.02 Å². The number of hydrogen-bond donors (Lipinski definition) is 1. The number of amides is 2. The van der Waals surface area contributed by atoms with Crippen molar-refractivity contribution in [3.05, 3.63) is 76.8 Å². The van der Waals surface area contributed by atoms with Crippen LogP contribution in [0.4, 0.5) is 10.1 Å². The van der Waals surface area contributed by atoms with Crippen molar-refractivity contribution < 1.29 is 28.6 Å². The molecule has 2 aromatic carbocycles. The number of nitrogens with zero attached hydrogens (tertiary/aromatic N) is 3. The van der Waals surface area contributed by atoms with Crippen LogP contribution in [-0.4, -0.2) is 58.5 Å². The molecule has 1 aromatic heterocycles. The number of ether oxygens (including phenoxy) is 1. The van der Waals surface area contributed by atoms with Crippen molar-refractivity contribution in [2.75, 3.05) is 24.6 Å². The van der Waals surface area contributed by atoms with Crippen molar-refractivity contribution in [3.63, 3.8) is 0 Å². The number of para-hydroxylation sites is 1. The lowest BCUT2D eigenvalue weighted by Crippen LogP contribution is -2.50. The summed E-state index contributed by atoms with van der Waals surface area (Å²) in [5.74, 6) is -1.58. The maximum absolute atomic E-state index is 15.2. The maximum Gasteiger partial charge on any atom is 0.306 e. The zero-order valence-electron chi connectivity index (χ0n) is 21.1. The number of halogens is 2. The molecule has 0 saturated carbocycles. The Labute approximate surface area is 230 Å². The first-order valence-corrected chi connectivity index (χ1v) is 13.2. The van der Waals surface area contributed by atoms with Crippen LogP contribution in [0.15, 0.2) is 54.7 Å². The van der Waals surface area contributed by atoms with Gasteiger partial charge in [0.1, 0.15) is 11.6 Å². The van der Waals surface area contributed by atoms with E-state index in [1.165, 1.54) is 12.1 Å². The van der Waals surface area contributed by atoms with Gasteiger partial charge in [0.2, 0.25) is 5.91 Å². The summed E-state index contributed by atoms with van der Waals surface area (Å²) in [5.41, 5.74) is 2.66. The summed E-state index contributed by atoms with van der Waals surface area (Å²) in [6.45, 7) is 0.760. The van der Waals surface area contributed by atoms with E-state index in [0.29, 0.717) is 60.7 Å². The monoisotopic (exact) mass is 551 g/mol. The molecular formula is C29H27ClFN3O5. The quantitative estimate of drug-likeness (QED) is 0.444. The Morgan fingerprint density at radius 1 is 1.10 bits per heavy atom. The molecular weight excluding hydrogens is 525 g/mol. The third-order valence-electron chi connectivity index (χ3n) is 7.11. The Bertz CT molecular complexity index is 1420. The van der Waals surface area contributed by atoms with E-state index in [0.717, 1.165) is 11.4 Å². The molecule has 2 aliphatic rings. The van der Waals surface area contributed by atoms with Crippen LogP contribution in [0.5, 0.6) is 5.75 Å². The van der Waals surface area contributed by atoms with E-state index < -0.39 is 17.7 Å². The molecule has 0 spiro atoms. The summed E-state index contributed by atoms with van der Waals surface area (Å²) < 4.78 is 20.8. The van der Waals surface area contributed by atoms with Gasteiger partial charge in [0.15, 0.2) is 0 Å². The van der Waals surface area contributed by atoms with Gasteiger partial charge >= 0.3 is 5.97 Å². The summed E-state index contributed by atoms with van der Waals surface area (Å²) in [6.07, 6.45) is 3.50. The molecule has 2 aliphatic heterocycles. The average Bonchev–Trinajstić information content (AvgIpc) is 2.93. The number of carboxylic acid groups (broad SMARTS) is 1. The smallest absolute Gasteiger partial charge is 0.306 e. The van der Waals surface area contributed by atoms with Gasteiger partial charge < -0.3 is 19.6 Å². The van der Waals surface area contributed by atoms with E-state index in [9.17, 15) is 14.4 Å². The first-order valence-electron chi connectivity index (χ1n) is 12.8. The summed E-state index contributed by atoms with van der Waals surface area (Å²) >= 11 is 6.15. The zero-order valence-corrected chi connectivity index (χ0v) is 21.9. The SMILES string of the molecule is O=C(O)CCOc1ccccc1-c1ccc(C(=O)N2CCC(N3C(=O)CCc4ncc(Cl)cc43)CC2)c(F)c1. The van der Waals surface area contributed by atoms with Crippen LogP contribution in [-0.2, 0) is 16.0 Å². The van der Waals surface area contributed by atoms with E-state index in [1.54, 1.807) is 52.4 Å². The normalized spacial score (nSPS) is 15.7. The van der Waals surface area contributed by atoms with Gasteiger partial charge in [-0.1, -0.05) is 35.9 Å². The number of aliphatic carboxylic acids is 1. The van der Waals surface area contributed by atoms with Crippen molar-refractivity contribution in [1.29, 1.82) is 0 Å². The lowest BCUT2D eigenvalue weighted by atomic mass is 9.97. The molecule has 39 heavy (non-hydrogen) atoms. The van der Waals surface area contributed by atoms with Gasteiger partial charge in [-0.05, 0) is 42.7 Å². The number of anilines is 1. The third-order valence-corrected chi connectivity index (χ3v) is 7.31. The first kappa shape index (κ1) is 26.6. The summed E-state index contributed by atoms with van der Waals surface area (Å²) in [7, 11) is 0. The molecule has 8 nitrogen and oxygen atoms in total. The highest BCUT2D eigenvalue weighted by Gasteiger charge is 2.35. The summed E-state index contributed by atoms with van der Waals surface area (Å²) in [6, 6.07) is 13.0. The number of likely N-dealkylation sites (tertiary alicyclic amines) is 1. The average molecular weight is 552 g/mol. The second-order valence-corrected chi connectivity index (χ2v) is 10.0. The molecule has 0 atom stereocenters. The van der Waals surface area contributed by atoms with E-state index in [1.807, 2.05) is 0 Å². The Hall–Kier alpha value is -3.98. The van der Waals surface area contributed by atoms with Crippen molar-refractivity contribution in [1.82, 2.24) is 9.88 Å². The predicted octanol–water partition coefficient (Wildman–Crippen LogP) is 4.98. The Kier molecular flexibility index (Phi) is 7.79. The highest BCUT2D eigenvalue weighted by molar-refractivity contribution is 6.30. The summed E-state index contributed by atoms with van der Waals surface area (Å²) in [4.78, 5) is 44.6. The third kappa shape index (κ3) is 5.73. The minimum absolute atomic E-state index is 0.0144. The van der Waals surface area contributed by atoms with E-state index >= 15 is 4.39 Å². The molecule has 0 unspecified atom stereocenters. The Morgan fingerprint density at radius 2 is 1.87 bits per heavy atom. The highest BCUT2D eigenvalue weighted by Crippen LogP contribution is 2.34. The Balaban J connectivity index is 1.27. The maximum atomic E-state index is 15.2. The number of carbonyl (C=O) groups excluding carboxylic acids is 2. The van der Waals surface area contributed by atoms with Gasteiger partial charge in [0, 0.05) is 43.7 Å². The van der Waals surface area contributed by atoms with Crippen LogP contribution in [0.3, 0.4) is 0 Å². The molecule has 10 heteroatoms. The number of piperidine rings is 1. The standard InChI is InChI=1S/C29H27ClFN3O5/c30-19-16-25-24(32-17-19)7-8-27(35)34(25)20-9-12-33(13-10-20)29(38)22-6-5-18(15-23(22)31)21-3-1-2-4-26(21)39-14-11-28(36)37/h1-6,15-17,20H,7-14H2,(H,36,37). The zero-order chi connectivity index (χ0) is 27.5. The number of fused-ring (bicyclic) bond motifs is 1. The van der Waals surface area contributed by atoms with Crippen LogP contribution >= 0.6 is 11.6 Å². The van der Waals surface area contributed by atoms with Crippen molar-refractivity contribution in [3.8, 4) is 16.9 Å². The molecule has 3 heterocycles. The van der Waals surface area contributed by atoms with E-state index in [4.69, 9.17) is 21.4 Å². The Morgan fingerprint density at radius 3 is 2.62 bits per heavy atom. The van der Waals surface area contributed by atoms with Gasteiger partial charge in [-0.3, -0.25) is 19.4 Å². The molecule has 0 bridgehead atoms. The van der Waals surface area contributed by atoms with Gasteiger partial charge in [-0.25, -0.2) is 4.39 Å². The molecule has 202 valence electrons. The predicted molar refractivity (Wildman–Crippen MR) is 144 cm³/mol. The van der Waals surface area contributed by atoms with Crippen LogP contribution < -0.4 is 9.64 Å². The molecule has 1 N–H and O–H groups in total. The van der Waals surface area contributed by atoms with Gasteiger partial charge in [-0.2, -0.15) is 0 Å². The topological polar surface area (TPSA) is 100 Å². The molecule has 3 aromatic rings. The summed E-state index contributed by atoms with van der Waals surface area (Å²) in [5, 5.41) is 9.32. The fraction of sp³-hybridized carbons (Fsp3) is 0.310. The van der Waals surface area contributed by atoms with Crippen molar-refractivity contribution in [2.45, 2.75) is 38.1 Å². The first-order chi connectivity index (χ1) is 18.8. The van der Waals surface area contributed by atoms with Crippen LogP contribution in [0, 0.1) is 5.82 Å². The molecule has 0 aliphatic carbocycles. The van der Waals surface area contributed by atoms with Crippen molar-refractivity contribution >= 4 is 35.1 Å².